The van der Waals surface area contributed by atoms with Crippen molar-refractivity contribution in [3.05, 3.63) is 63.6 Å². The van der Waals surface area contributed by atoms with Gasteiger partial charge in [0.1, 0.15) is 11.2 Å². The van der Waals surface area contributed by atoms with Crippen LogP contribution >= 0.6 is 23.2 Å². The number of fused-ring (bicyclic) bond motifs is 2. The van der Waals surface area contributed by atoms with Crippen LogP contribution in [0, 0.1) is 5.41 Å². The first-order valence-corrected chi connectivity index (χ1v) is 10.9. The van der Waals surface area contributed by atoms with Gasteiger partial charge in [-0.3, -0.25) is 9.59 Å². The van der Waals surface area contributed by atoms with E-state index in [0.717, 1.165) is 11.1 Å². The number of hydrogen-bond acceptors (Lipinski definition) is 3. The summed E-state index contributed by atoms with van der Waals surface area (Å²) >= 11 is 12.5. The van der Waals surface area contributed by atoms with Gasteiger partial charge in [0.2, 0.25) is 5.91 Å². The fourth-order valence-electron chi connectivity index (χ4n) is 4.70. The Hall–Kier alpha value is -1.88. The molecule has 1 aliphatic heterocycles. The Bertz CT molecular complexity index is 1010. The van der Waals surface area contributed by atoms with E-state index in [1.165, 1.54) is 0 Å². The summed E-state index contributed by atoms with van der Waals surface area (Å²) in [6, 6.07) is 12.8. The van der Waals surface area contributed by atoms with Gasteiger partial charge in [0.15, 0.2) is 0 Å². The quantitative estimate of drug-likeness (QED) is 0.652. The number of halogens is 2. The SMILES string of the molecule is CC(C)(C)CO[C@@H]1CC(=O)C[C@@H](c2cccc(Cl)c2)[C@]12C(=O)Nc1cc(Cl)ccc12. The van der Waals surface area contributed by atoms with Gasteiger partial charge < -0.3 is 10.1 Å². The van der Waals surface area contributed by atoms with Crippen molar-refractivity contribution in [2.45, 2.75) is 51.0 Å². The molecular formula is C24H25Cl2NO3. The van der Waals surface area contributed by atoms with Crippen molar-refractivity contribution in [2.24, 2.45) is 5.41 Å². The number of carbonyl (C=O) groups is 2. The van der Waals surface area contributed by atoms with E-state index in [-0.39, 0.29) is 35.9 Å². The van der Waals surface area contributed by atoms with Crippen molar-refractivity contribution in [2.75, 3.05) is 11.9 Å². The number of anilines is 1. The van der Waals surface area contributed by atoms with Gasteiger partial charge in [-0.1, -0.05) is 62.2 Å². The van der Waals surface area contributed by atoms with Crippen LogP contribution in [-0.4, -0.2) is 24.4 Å². The van der Waals surface area contributed by atoms with Crippen molar-refractivity contribution in [3.8, 4) is 0 Å². The summed E-state index contributed by atoms with van der Waals surface area (Å²) < 4.78 is 6.35. The van der Waals surface area contributed by atoms with E-state index >= 15 is 0 Å². The molecule has 4 rings (SSSR count). The zero-order chi connectivity index (χ0) is 21.7. The summed E-state index contributed by atoms with van der Waals surface area (Å²) in [6.45, 7) is 6.65. The second-order valence-corrected chi connectivity index (χ2v) is 10.3. The fourth-order valence-corrected chi connectivity index (χ4v) is 5.07. The monoisotopic (exact) mass is 445 g/mol. The second kappa shape index (κ2) is 7.67. The van der Waals surface area contributed by atoms with Gasteiger partial charge in [0.25, 0.3) is 0 Å². The largest absolute Gasteiger partial charge is 0.376 e. The molecule has 1 aliphatic carbocycles. The number of ketones is 1. The summed E-state index contributed by atoms with van der Waals surface area (Å²) in [7, 11) is 0. The van der Waals surface area contributed by atoms with Crippen molar-refractivity contribution < 1.29 is 14.3 Å². The van der Waals surface area contributed by atoms with Crippen LogP contribution in [-0.2, 0) is 19.7 Å². The van der Waals surface area contributed by atoms with Gasteiger partial charge in [0, 0.05) is 34.5 Å². The van der Waals surface area contributed by atoms with Gasteiger partial charge in [-0.25, -0.2) is 0 Å². The Morgan fingerprint density at radius 2 is 1.80 bits per heavy atom. The number of nitrogens with one attached hydrogen (secondary N) is 1. The molecule has 3 atom stereocenters. The van der Waals surface area contributed by atoms with Gasteiger partial charge in [0.05, 0.1) is 12.7 Å². The van der Waals surface area contributed by atoms with Crippen LogP contribution in [0.4, 0.5) is 5.69 Å². The molecule has 2 aliphatic rings. The molecule has 158 valence electrons. The van der Waals surface area contributed by atoms with Gasteiger partial charge in [-0.05, 0) is 40.8 Å². The highest BCUT2D eigenvalue weighted by molar-refractivity contribution is 6.31. The van der Waals surface area contributed by atoms with Gasteiger partial charge >= 0.3 is 0 Å². The minimum absolute atomic E-state index is 0.0831. The maximum absolute atomic E-state index is 13.7. The Morgan fingerprint density at radius 1 is 1.07 bits per heavy atom. The first-order chi connectivity index (χ1) is 14.1. The van der Waals surface area contributed by atoms with Crippen molar-refractivity contribution in [3.63, 3.8) is 0 Å². The molecule has 0 unspecified atom stereocenters. The minimum atomic E-state index is -1.02. The summed E-state index contributed by atoms with van der Waals surface area (Å²) in [5, 5.41) is 4.13. The number of benzene rings is 2. The average Bonchev–Trinajstić information content (AvgIpc) is 2.93. The van der Waals surface area contributed by atoms with Crippen LogP contribution in [0.25, 0.3) is 0 Å². The summed E-state index contributed by atoms with van der Waals surface area (Å²) in [4.78, 5) is 26.5. The number of hydrogen-bond donors (Lipinski definition) is 1. The molecule has 4 nitrogen and oxygen atoms in total. The third kappa shape index (κ3) is 3.66. The van der Waals surface area contributed by atoms with E-state index in [4.69, 9.17) is 27.9 Å². The van der Waals surface area contributed by atoms with Crippen molar-refractivity contribution >= 4 is 40.6 Å². The molecule has 1 amide bonds. The molecule has 30 heavy (non-hydrogen) atoms. The topological polar surface area (TPSA) is 55.4 Å². The molecule has 1 fully saturated rings. The van der Waals surface area contributed by atoms with E-state index in [2.05, 4.69) is 26.1 Å². The predicted octanol–water partition coefficient (Wildman–Crippen LogP) is 5.76. The molecule has 1 N–H and O–H groups in total. The lowest BCUT2D eigenvalue weighted by molar-refractivity contribution is -0.141. The normalized spacial score (nSPS) is 26.0. The highest BCUT2D eigenvalue weighted by Gasteiger charge is 2.61. The van der Waals surface area contributed by atoms with Crippen molar-refractivity contribution in [1.82, 2.24) is 0 Å². The first-order valence-electron chi connectivity index (χ1n) is 10.1. The Labute approximate surface area is 186 Å². The lowest BCUT2D eigenvalue weighted by Crippen LogP contribution is -2.56. The number of amides is 1. The lowest BCUT2D eigenvalue weighted by atomic mass is 9.59. The van der Waals surface area contributed by atoms with Crippen LogP contribution in [0.15, 0.2) is 42.5 Å². The molecule has 6 heteroatoms. The smallest absolute Gasteiger partial charge is 0.238 e. The number of Topliss-reactive ketones (excluding diaryl/α,β-unsaturated/α-hetero) is 1. The highest BCUT2D eigenvalue weighted by Crippen LogP contribution is 2.55. The molecule has 1 spiro atoms. The molecule has 0 bridgehead atoms. The molecule has 2 aromatic carbocycles. The Balaban J connectivity index is 1.91. The van der Waals surface area contributed by atoms with E-state index in [9.17, 15) is 9.59 Å². The molecular weight excluding hydrogens is 421 g/mol. The minimum Gasteiger partial charge on any atom is -0.376 e. The van der Waals surface area contributed by atoms with Crippen LogP contribution in [0.5, 0.6) is 0 Å². The standard InChI is InChI=1S/C24H25Cl2NO3/c1-23(2,3)13-30-21-12-17(28)11-19(14-5-4-6-15(25)9-14)24(21)18-8-7-16(26)10-20(18)27-22(24)29/h4-10,19,21H,11-13H2,1-3H3,(H,27,29)/t19-,21+,24-/m0/s1. The predicted molar refractivity (Wildman–Crippen MR) is 119 cm³/mol. The van der Waals surface area contributed by atoms with E-state index in [1.54, 1.807) is 18.2 Å². The van der Waals surface area contributed by atoms with Gasteiger partial charge in [-0.2, -0.15) is 0 Å². The number of ether oxygens (including phenoxy) is 1. The Morgan fingerprint density at radius 3 is 2.50 bits per heavy atom. The van der Waals surface area contributed by atoms with E-state index in [1.807, 2.05) is 24.3 Å². The molecule has 1 heterocycles. The van der Waals surface area contributed by atoms with Crippen LogP contribution < -0.4 is 5.32 Å². The zero-order valence-electron chi connectivity index (χ0n) is 17.3. The number of carbonyl (C=O) groups excluding carboxylic acids is 2. The van der Waals surface area contributed by atoms with Crippen LogP contribution in [0.1, 0.15) is 50.7 Å². The Kier molecular flexibility index (Phi) is 5.46. The lowest BCUT2D eigenvalue weighted by Gasteiger charge is -2.45. The molecule has 2 aromatic rings. The average molecular weight is 446 g/mol. The zero-order valence-corrected chi connectivity index (χ0v) is 18.8. The summed E-state index contributed by atoms with van der Waals surface area (Å²) in [5.41, 5.74) is 1.24. The maximum Gasteiger partial charge on any atom is 0.238 e. The number of rotatable bonds is 3. The molecule has 1 saturated carbocycles. The fraction of sp³-hybridized carbons (Fsp3) is 0.417. The summed E-state index contributed by atoms with van der Waals surface area (Å²) in [6.07, 6.45) is -0.127. The first kappa shape index (κ1) is 21.4. The van der Waals surface area contributed by atoms with Crippen LogP contribution in [0.3, 0.4) is 0 Å². The third-order valence-electron chi connectivity index (χ3n) is 5.92. The third-order valence-corrected chi connectivity index (χ3v) is 6.39. The maximum atomic E-state index is 13.7. The molecule has 0 aromatic heterocycles. The molecule has 0 saturated heterocycles. The van der Waals surface area contributed by atoms with Crippen LogP contribution in [0.2, 0.25) is 10.0 Å². The van der Waals surface area contributed by atoms with Crippen molar-refractivity contribution in [1.29, 1.82) is 0 Å². The summed E-state index contributed by atoms with van der Waals surface area (Å²) in [5.74, 6) is -0.458. The van der Waals surface area contributed by atoms with E-state index < -0.39 is 11.5 Å². The highest BCUT2D eigenvalue weighted by atomic mass is 35.5. The molecule has 0 radical (unpaired) electrons. The second-order valence-electron chi connectivity index (χ2n) is 9.43. The van der Waals surface area contributed by atoms with Gasteiger partial charge in [-0.15, -0.1) is 0 Å². The van der Waals surface area contributed by atoms with E-state index in [0.29, 0.717) is 22.3 Å².